The summed E-state index contributed by atoms with van der Waals surface area (Å²) in [5, 5.41) is 0. The van der Waals surface area contributed by atoms with Gasteiger partial charge in [-0.2, -0.15) is 0 Å². The third-order valence-electron chi connectivity index (χ3n) is 3.36. The summed E-state index contributed by atoms with van der Waals surface area (Å²) in [7, 11) is 0. The van der Waals surface area contributed by atoms with Crippen LogP contribution in [0, 0.1) is 0 Å². The number of hydrogen-bond acceptors (Lipinski definition) is 2. The molecule has 1 atom stereocenters. The number of nitrogens with zero attached hydrogens (tertiary/aromatic N) is 2. The SMILES string of the molecule is CCCCC(CN)n1cncc1-c1ccc(Br)cc1. The Kier molecular flexibility index (Phi) is 5.16. The molecular formula is C15H20BrN3. The van der Waals surface area contributed by atoms with E-state index in [4.69, 9.17) is 5.73 Å². The van der Waals surface area contributed by atoms with Crippen LogP contribution in [0.15, 0.2) is 41.3 Å². The van der Waals surface area contributed by atoms with Crippen molar-refractivity contribution >= 4 is 15.9 Å². The van der Waals surface area contributed by atoms with E-state index in [9.17, 15) is 0 Å². The number of aromatic nitrogens is 2. The Labute approximate surface area is 123 Å². The van der Waals surface area contributed by atoms with E-state index in [-0.39, 0.29) is 0 Å². The smallest absolute Gasteiger partial charge is 0.0954 e. The molecule has 0 fully saturated rings. The molecule has 1 aromatic carbocycles. The first-order valence-corrected chi connectivity index (χ1v) is 7.53. The van der Waals surface area contributed by atoms with Crippen LogP contribution in [0.3, 0.4) is 0 Å². The van der Waals surface area contributed by atoms with E-state index in [0.717, 1.165) is 16.6 Å². The van der Waals surface area contributed by atoms with E-state index in [2.05, 4.69) is 56.7 Å². The molecule has 3 nitrogen and oxygen atoms in total. The van der Waals surface area contributed by atoms with E-state index in [1.807, 2.05) is 12.5 Å². The molecule has 1 unspecified atom stereocenters. The Hall–Kier alpha value is -1.13. The van der Waals surface area contributed by atoms with Crippen LogP contribution in [0.5, 0.6) is 0 Å². The first-order valence-electron chi connectivity index (χ1n) is 6.74. The average molecular weight is 322 g/mol. The van der Waals surface area contributed by atoms with Gasteiger partial charge in [0.2, 0.25) is 0 Å². The molecule has 4 heteroatoms. The molecule has 2 N–H and O–H groups in total. The monoisotopic (exact) mass is 321 g/mol. The summed E-state index contributed by atoms with van der Waals surface area (Å²) >= 11 is 3.46. The van der Waals surface area contributed by atoms with Crippen molar-refractivity contribution in [3.63, 3.8) is 0 Å². The van der Waals surface area contributed by atoms with Gasteiger partial charge in [-0.15, -0.1) is 0 Å². The molecular weight excluding hydrogens is 302 g/mol. The molecule has 1 heterocycles. The van der Waals surface area contributed by atoms with Crippen LogP contribution in [0.4, 0.5) is 0 Å². The number of hydrogen-bond donors (Lipinski definition) is 1. The normalized spacial score (nSPS) is 12.6. The number of halogens is 1. The molecule has 19 heavy (non-hydrogen) atoms. The molecule has 102 valence electrons. The fourth-order valence-corrected chi connectivity index (χ4v) is 2.51. The maximum absolute atomic E-state index is 5.92. The van der Waals surface area contributed by atoms with Crippen LogP contribution < -0.4 is 5.73 Å². The fourth-order valence-electron chi connectivity index (χ4n) is 2.25. The molecule has 0 aliphatic carbocycles. The number of benzene rings is 1. The highest BCUT2D eigenvalue weighted by Crippen LogP contribution is 2.26. The summed E-state index contributed by atoms with van der Waals surface area (Å²) in [6.45, 7) is 2.86. The van der Waals surface area contributed by atoms with Gasteiger partial charge in [0.15, 0.2) is 0 Å². The third kappa shape index (κ3) is 3.45. The summed E-state index contributed by atoms with van der Waals surface area (Å²) in [6, 6.07) is 8.64. The van der Waals surface area contributed by atoms with Crippen molar-refractivity contribution in [2.75, 3.05) is 6.54 Å². The summed E-state index contributed by atoms with van der Waals surface area (Å²) in [4.78, 5) is 4.29. The molecule has 0 bridgehead atoms. The van der Waals surface area contributed by atoms with Gasteiger partial charge in [-0.1, -0.05) is 47.8 Å². The van der Waals surface area contributed by atoms with E-state index in [1.54, 1.807) is 0 Å². The summed E-state index contributed by atoms with van der Waals surface area (Å²) in [5.74, 6) is 0. The second kappa shape index (κ2) is 6.87. The van der Waals surface area contributed by atoms with Crippen LogP contribution in [-0.4, -0.2) is 16.1 Å². The predicted octanol–water partition coefficient (Wildman–Crippen LogP) is 4.00. The number of nitrogens with two attached hydrogens (primary N) is 1. The standard InChI is InChI=1S/C15H20BrN3/c1-2-3-4-14(9-17)19-11-18-10-15(19)12-5-7-13(16)8-6-12/h5-8,10-11,14H,2-4,9,17H2,1H3. The van der Waals surface area contributed by atoms with Crippen molar-refractivity contribution in [2.45, 2.75) is 32.2 Å². The Balaban J connectivity index is 2.27. The lowest BCUT2D eigenvalue weighted by molar-refractivity contribution is 0.461. The minimum absolute atomic E-state index is 0.334. The average Bonchev–Trinajstić information content (AvgIpc) is 2.90. The number of unbranched alkanes of at least 4 members (excludes halogenated alkanes) is 1. The van der Waals surface area contributed by atoms with Gasteiger partial charge in [0.1, 0.15) is 0 Å². The summed E-state index contributed by atoms with van der Waals surface area (Å²) in [6.07, 6.45) is 7.30. The van der Waals surface area contributed by atoms with Gasteiger partial charge in [0.25, 0.3) is 0 Å². The molecule has 0 aliphatic heterocycles. The van der Waals surface area contributed by atoms with Gasteiger partial charge in [0, 0.05) is 17.1 Å². The van der Waals surface area contributed by atoms with Gasteiger partial charge in [-0.05, 0) is 24.1 Å². The zero-order valence-corrected chi connectivity index (χ0v) is 12.8. The lowest BCUT2D eigenvalue weighted by Gasteiger charge is -2.19. The maximum atomic E-state index is 5.92. The van der Waals surface area contributed by atoms with Gasteiger partial charge >= 0.3 is 0 Å². The van der Waals surface area contributed by atoms with Crippen molar-refractivity contribution in [3.05, 3.63) is 41.3 Å². The molecule has 0 saturated carbocycles. The van der Waals surface area contributed by atoms with Gasteiger partial charge in [-0.3, -0.25) is 0 Å². The molecule has 0 spiro atoms. The predicted molar refractivity (Wildman–Crippen MR) is 83.0 cm³/mol. The number of rotatable bonds is 6. The molecule has 2 aromatic rings. The first kappa shape index (κ1) is 14.3. The topological polar surface area (TPSA) is 43.8 Å². The van der Waals surface area contributed by atoms with Crippen LogP contribution in [0.25, 0.3) is 11.3 Å². The molecule has 0 amide bonds. The van der Waals surface area contributed by atoms with E-state index in [0.29, 0.717) is 12.6 Å². The minimum Gasteiger partial charge on any atom is -0.328 e. The highest BCUT2D eigenvalue weighted by atomic mass is 79.9. The highest BCUT2D eigenvalue weighted by molar-refractivity contribution is 9.10. The van der Waals surface area contributed by atoms with Crippen LogP contribution in [-0.2, 0) is 0 Å². The number of imidazole rings is 1. The molecule has 1 aromatic heterocycles. The van der Waals surface area contributed by atoms with Crippen molar-refractivity contribution in [1.82, 2.24) is 9.55 Å². The molecule has 0 radical (unpaired) electrons. The Morgan fingerprint density at radius 1 is 1.32 bits per heavy atom. The zero-order chi connectivity index (χ0) is 13.7. The first-order chi connectivity index (χ1) is 9.26. The third-order valence-corrected chi connectivity index (χ3v) is 3.89. The summed E-state index contributed by atoms with van der Waals surface area (Å²) in [5.41, 5.74) is 8.23. The molecule has 0 saturated heterocycles. The Morgan fingerprint density at radius 3 is 2.68 bits per heavy atom. The van der Waals surface area contributed by atoms with Crippen molar-refractivity contribution < 1.29 is 0 Å². The second-order valence-corrected chi connectivity index (χ2v) is 5.64. The Morgan fingerprint density at radius 2 is 2.05 bits per heavy atom. The summed E-state index contributed by atoms with van der Waals surface area (Å²) < 4.78 is 3.29. The van der Waals surface area contributed by atoms with Crippen molar-refractivity contribution in [1.29, 1.82) is 0 Å². The van der Waals surface area contributed by atoms with Crippen molar-refractivity contribution in [3.8, 4) is 11.3 Å². The van der Waals surface area contributed by atoms with E-state index >= 15 is 0 Å². The fraction of sp³-hybridized carbons (Fsp3) is 0.400. The van der Waals surface area contributed by atoms with E-state index in [1.165, 1.54) is 18.4 Å². The zero-order valence-electron chi connectivity index (χ0n) is 11.2. The van der Waals surface area contributed by atoms with Gasteiger partial charge < -0.3 is 10.3 Å². The van der Waals surface area contributed by atoms with Crippen LogP contribution in [0.2, 0.25) is 0 Å². The quantitative estimate of drug-likeness (QED) is 0.873. The molecule has 2 rings (SSSR count). The highest BCUT2D eigenvalue weighted by Gasteiger charge is 2.13. The van der Waals surface area contributed by atoms with E-state index < -0.39 is 0 Å². The van der Waals surface area contributed by atoms with Gasteiger partial charge in [0.05, 0.1) is 18.2 Å². The van der Waals surface area contributed by atoms with Crippen molar-refractivity contribution in [2.24, 2.45) is 5.73 Å². The Bertz CT molecular complexity index is 504. The van der Waals surface area contributed by atoms with Crippen LogP contribution in [0.1, 0.15) is 32.2 Å². The largest absolute Gasteiger partial charge is 0.328 e. The lowest BCUT2D eigenvalue weighted by Crippen LogP contribution is -2.19. The lowest BCUT2D eigenvalue weighted by atomic mass is 10.1. The maximum Gasteiger partial charge on any atom is 0.0954 e. The minimum atomic E-state index is 0.334. The van der Waals surface area contributed by atoms with Crippen LogP contribution >= 0.6 is 15.9 Å². The second-order valence-electron chi connectivity index (χ2n) is 4.72. The molecule has 0 aliphatic rings. The van der Waals surface area contributed by atoms with Gasteiger partial charge in [-0.25, -0.2) is 4.98 Å².